The van der Waals surface area contributed by atoms with Crippen LogP contribution < -0.4 is 14.8 Å². The summed E-state index contributed by atoms with van der Waals surface area (Å²) in [7, 11) is 0. The molecule has 18 heavy (non-hydrogen) atoms. The largest absolute Gasteiger partial charge is 0.481 e. The summed E-state index contributed by atoms with van der Waals surface area (Å²) in [5, 5.41) is 12.3. The molecule has 0 bridgehead atoms. The Hall–Kier alpha value is -1.75. The molecular formula is C13H15NO4. The normalized spacial score (nSPS) is 18.7. The first-order chi connectivity index (χ1) is 8.70. The van der Waals surface area contributed by atoms with Gasteiger partial charge in [0.2, 0.25) is 6.79 Å². The molecule has 1 aliphatic heterocycles. The number of benzene rings is 1. The van der Waals surface area contributed by atoms with E-state index in [2.05, 4.69) is 5.32 Å². The molecule has 0 amide bonds. The number of ether oxygens (including phenoxy) is 2. The van der Waals surface area contributed by atoms with Crippen LogP contribution in [0.25, 0.3) is 0 Å². The van der Waals surface area contributed by atoms with Gasteiger partial charge in [-0.15, -0.1) is 0 Å². The Bertz CT molecular complexity index is 482. The highest BCUT2D eigenvalue weighted by atomic mass is 16.7. The molecule has 96 valence electrons. The summed E-state index contributed by atoms with van der Waals surface area (Å²) < 4.78 is 10.5. The molecule has 0 radical (unpaired) electrons. The monoisotopic (exact) mass is 249 g/mol. The first-order valence-corrected chi connectivity index (χ1v) is 6.02. The van der Waals surface area contributed by atoms with Crippen LogP contribution in [-0.2, 0) is 11.3 Å². The fourth-order valence-corrected chi connectivity index (χ4v) is 2.11. The molecule has 2 aliphatic rings. The topological polar surface area (TPSA) is 67.8 Å². The molecule has 0 saturated heterocycles. The van der Waals surface area contributed by atoms with E-state index in [1.54, 1.807) is 0 Å². The van der Waals surface area contributed by atoms with Crippen LogP contribution in [0.5, 0.6) is 11.5 Å². The van der Waals surface area contributed by atoms with E-state index >= 15 is 0 Å². The lowest BCUT2D eigenvalue weighted by Crippen LogP contribution is -2.29. The van der Waals surface area contributed by atoms with Crippen molar-refractivity contribution < 1.29 is 19.4 Å². The molecule has 1 heterocycles. The zero-order valence-electron chi connectivity index (χ0n) is 9.94. The van der Waals surface area contributed by atoms with Crippen molar-refractivity contribution in [1.82, 2.24) is 5.32 Å². The second-order valence-corrected chi connectivity index (χ2v) is 4.88. The standard InChI is InChI=1S/C13H15NO4/c15-12(16)13(3-4-13)7-14-6-9-1-2-10-11(5-9)18-8-17-10/h1-2,5,14H,3-4,6-8H2,(H,15,16). The van der Waals surface area contributed by atoms with E-state index in [0.29, 0.717) is 13.1 Å². The van der Waals surface area contributed by atoms with Gasteiger partial charge in [-0.1, -0.05) is 6.07 Å². The minimum absolute atomic E-state index is 0.272. The second-order valence-electron chi connectivity index (χ2n) is 4.88. The van der Waals surface area contributed by atoms with Crippen LogP contribution in [-0.4, -0.2) is 24.4 Å². The Kier molecular flexibility index (Phi) is 2.63. The molecule has 0 aromatic heterocycles. The highest BCUT2D eigenvalue weighted by Crippen LogP contribution is 2.45. The van der Waals surface area contributed by atoms with Gasteiger partial charge in [0.25, 0.3) is 0 Å². The number of carboxylic acid groups (broad SMARTS) is 1. The Labute approximate surface area is 105 Å². The molecule has 1 saturated carbocycles. The lowest BCUT2D eigenvalue weighted by atomic mass is 10.1. The third-order valence-corrected chi connectivity index (χ3v) is 3.54. The number of aliphatic carboxylic acids is 1. The second kappa shape index (κ2) is 4.17. The Morgan fingerprint density at radius 3 is 2.83 bits per heavy atom. The van der Waals surface area contributed by atoms with Gasteiger partial charge in [-0.25, -0.2) is 0 Å². The van der Waals surface area contributed by atoms with Crippen LogP contribution >= 0.6 is 0 Å². The Morgan fingerprint density at radius 2 is 2.11 bits per heavy atom. The number of carbonyl (C=O) groups is 1. The average molecular weight is 249 g/mol. The molecule has 5 nitrogen and oxygen atoms in total. The summed E-state index contributed by atoms with van der Waals surface area (Å²) in [6.07, 6.45) is 1.55. The van der Waals surface area contributed by atoms with Gasteiger partial charge in [-0.05, 0) is 30.5 Å². The van der Waals surface area contributed by atoms with Crippen LogP contribution in [0.15, 0.2) is 18.2 Å². The first-order valence-electron chi connectivity index (χ1n) is 6.02. The van der Waals surface area contributed by atoms with Gasteiger partial charge in [-0.2, -0.15) is 0 Å². The lowest BCUT2D eigenvalue weighted by Gasteiger charge is -2.11. The predicted molar refractivity (Wildman–Crippen MR) is 63.6 cm³/mol. The smallest absolute Gasteiger partial charge is 0.310 e. The fraction of sp³-hybridized carbons (Fsp3) is 0.462. The number of nitrogens with one attached hydrogen (secondary N) is 1. The van der Waals surface area contributed by atoms with E-state index in [1.807, 2.05) is 18.2 Å². The van der Waals surface area contributed by atoms with Crippen molar-refractivity contribution in [3.63, 3.8) is 0 Å². The number of rotatable bonds is 5. The molecule has 1 aromatic carbocycles. The van der Waals surface area contributed by atoms with Crippen molar-refractivity contribution in [2.24, 2.45) is 5.41 Å². The highest BCUT2D eigenvalue weighted by molar-refractivity contribution is 5.78. The van der Waals surface area contributed by atoms with Gasteiger partial charge in [0.05, 0.1) is 5.41 Å². The number of hydrogen-bond donors (Lipinski definition) is 2. The minimum Gasteiger partial charge on any atom is -0.481 e. The van der Waals surface area contributed by atoms with Gasteiger partial charge in [-0.3, -0.25) is 4.79 Å². The van der Waals surface area contributed by atoms with Crippen molar-refractivity contribution in [2.75, 3.05) is 13.3 Å². The van der Waals surface area contributed by atoms with E-state index in [1.165, 1.54) is 0 Å². The number of hydrogen-bond acceptors (Lipinski definition) is 4. The molecule has 0 unspecified atom stereocenters. The third-order valence-electron chi connectivity index (χ3n) is 3.54. The van der Waals surface area contributed by atoms with Gasteiger partial charge < -0.3 is 19.9 Å². The van der Waals surface area contributed by atoms with E-state index in [0.717, 1.165) is 29.9 Å². The molecule has 3 rings (SSSR count). The van der Waals surface area contributed by atoms with Crippen LogP contribution in [0.2, 0.25) is 0 Å². The van der Waals surface area contributed by atoms with E-state index in [-0.39, 0.29) is 6.79 Å². The molecule has 1 fully saturated rings. The molecule has 0 atom stereocenters. The molecule has 2 N–H and O–H groups in total. The fourth-order valence-electron chi connectivity index (χ4n) is 2.11. The molecule has 1 aliphatic carbocycles. The average Bonchev–Trinajstić information content (AvgIpc) is 3.00. The predicted octanol–water partition coefficient (Wildman–Crippen LogP) is 1.37. The van der Waals surface area contributed by atoms with E-state index in [9.17, 15) is 4.79 Å². The van der Waals surface area contributed by atoms with Crippen LogP contribution in [0.3, 0.4) is 0 Å². The summed E-state index contributed by atoms with van der Waals surface area (Å²) in [5.41, 5.74) is 0.552. The maximum Gasteiger partial charge on any atom is 0.310 e. The van der Waals surface area contributed by atoms with Crippen molar-refractivity contribution in [2.45, 2.75) is 19.4 Å². The summed E-state index contributed by atoms with van der Waals surface area (Å²) in [6.45, 7) is 1.44. The number of fused-ring (bicyclic) bond motifs is 1. The number of carboxylic acids is 1. The van der Waals surface area contributed by atoms with Gasteiger partial charge >= 0.3 is 5.97 Å². The van der Waals surface area contributed by atoms with E-state index < -0.39 is 11.4 Å². The van der Waals surface area contributed by atoms with E-state index in [4.69, 9.17) is 14.6 Å². The lowest BCUT2D eigenvalue weighted by molar-refractivity contribution is -0.143. The maximum absolute atomic E-state index is 11.0. The van der Waals surface area contributed by atoms with Gasteiger partial charge in [0, 0.05) is 13.1 Å². The summed E-state index contributed by atoms with van der Waals surface area (Å²) in [5.74, 6) is 0.831. The van der Waals surface area contributed by atoms with Gasteiger partial charge in [0.1, 0.15) is 0 Å². The first kappa shape index (κ1) is 11.3. The zero-order valence-corrected chi connectivity index (χ0v) is 9.94. The Balaban J connectivity index is 1.56. The van der Waals surface area contributed by atoms with Crippen molar-refractivity contribution >= 4 is 5.97 Å². The van der Waals surface area contributed by atoms with Crippen LogP contribution in [0.1, 0.15) is 18.4 Å². The maximum atomic E-state index is 11.0. The van der Waals surface area contributed by atoms with Crippen molar-refractivity contribution in [3.8, 4) is 11.5 Å². The summed E-state index contributed by atoms with van der Waals surface area (Å²) in [6, 6.07) is 5.76. The minimum atomic E-state index is -0.694. The third kappa shape index (κ3) is 2.01. The highest BCUT2D eigenvalue weighted by Gasteiger charge is 2.49. The molecule has 1 aromatic rings. The summed E-state index contributed by atoms with van der Waals surface area (Å²) >= 11 is 0. The van der Waals surface area contributed by atoms with Gasteiger partial charge in [0.15, 0.2) is 11.5 Å². The van der Waals surface area contributed by atoms with Crippen LogP contribution in [0, 0.1) is 5.41 Å². The summed E-state index contributed by atoms with van der Waals surface area (Å²) in [4.78, 5) is 11.0. The molecular weight excluding hydrogens is 234 g/mol. The Morgan fingerprint density at radius 1 is 1.33 bits per heavy atom. The quantitative estimate of drug-likeness (QED) is 0.825. The van der Waals surface area contributed by atoms with Crippen molar-refractivity contribution in [1.29, 1.82) is 0 Å². The van der Waals surface area contributed by atoms with Crippen LogP contribution in [0.4, 0.5) is 0 Å². The molecule has 5 heteroatoms. The SMILES string of the molecule is O=C(O)C1(CNCc2ccc3c(c2)OCO3)CC1. The van der Waals surface area contributed by atoms with Crippen molar-refractivity contribution in [3.05, 3.63) is 23.8 Å². The molecule has 0 spiro atoms. The zero-order chi connectivity index (χ0) is 12.6.